The molecule has 28 heavy (non-hydrogen) atoms. The summed E-state index contributed by atoms with van der Waals surface area (Å²) in [5.41, 5.74) is 4.88. The van der Waals surface area contributed by atoms with Crippen molar-refractivity contribution in [2.75, 3.05) is 11.6 Å². The van der Waals surface area contributed by atoms with Crippen LogP contribution in [-0.4, -0.2) is 21.4 Å². The Bertz CT molecular complexity index is 1020. The highest BCUT2D eigenvalue weighted by Crippen LogP contribution is 2.40. The molecule has 7 heteroatoms. The van der Waals surface area contributed by atoms with Gasteiger partial charge in [0.2, 0.25) is 11.0 Å². The van der Waals surface area contributed by atoms with E-state index in [1.54, 1.807) is 0 Å². The monoisotopic (exact) mass is 456 g/mol. The fraction of sp³-hybridized carbons (Fsp3) is 0.286. The molecule has 0 bridgehead atoms. The van der Waals surface area contributed by atoms with Crippen LogP contribution in [0.1, 0.15) is 38.1 Å². The van der Waals surface area contributed by atoms with E-state index in [2.05, 4.69) is 81.5 Å². The van der Waals surface area contributed by atoms with Crippen molar-refractivity contribution >= 4 is 33.4 Å². The Kier molecular flexibility index (Phi) is 5.05. The molecule has 4 rings (SSSR count). The van der Waals surface area contributed by atoms with Crippen molar-refractivity contribution in [1.82, 2.24) is 15.2 Å². The summed E-state index contributed by atoms with van der Waals surface area (Å²) in [5.74, 6) is 0.480. The van der Waals surface area contributed by atoms with E-state index in [0.29, 0.717) is 16.7 Å². The maximum Gasteiger partial charge on any atom is 0.247 e. The number of hydrogen-bond acceptors (Lipinski definition) is 6. The SMILES string of the molecule is CSc1nnc2c(n1)O[C@@H](c1ccc(C(C)(C)C)cc1)Nc1ccc(Br)cc1-2. The highest BCUT2D eigenvalue weighted by molar-refractivity contribution is 9.10. The molecular weight excluding hydrogens is 436 g/mol. The smallest absolute Gasteiger partial charge is 0.247 e. The minimum atomic E-state index is -0.374. The molecule has 2 aromatic carbocycles. The summed E-state index contributed by atoms with van der Waals surface area (Å²) in [6.07, 6.45) is 1.55. The van der Waals surface area contributed by atoms with E-state index >= 15 is 0 Å². The standard InChI is InChI=1S/C21H21BrN4OS/c1-21(2,3)13-7-5-12(6-8-13)18-23-16-10-9-14(22)11-15(16)17-19(27-18)24-20(28-4)26-25-17/h5-11,18,23H,1-4H3/t18-/m0/s1. The summed E-state index contributed by atoms with van der Waals surface area (Å²) in [6.45, 7) is 6.62. The Morgan fingerprint density at radius 2 is 1.82 bits per heavy atom. The summed E-state index contributed by atoms with van der Waals surface area (Å²) in [6, 6.07) is 14.5. The van der Waals surface area contributed by atoms with Crippen LogP contribution in [0.3, 0.4) is 0 Å². The number of rotatable bonds is 2. The molecule has 1 N–H and O–H groups in total. The van der Waals surface area contributed by atoms with E-state index in [1.165, 1.54) is 17.3 Å². The second-order valence-corrected chi connectivity index (χ2v) is 9.35. The number of nitrogens with one attached hydrogen (secondary N) is 1. The Hall–Kier alpha value is -2.12. The zero-order chi connectivity index (χ0) is 19.9. The number of aromatic nitrogens is 3. The van der Waals surface area contributed by atoms with Gasteiger partial charge >= 0.3 is 0 Å². The van der Waals surface area contributed by atoms with Crippen LogP contribution in [0.5, 0.6) is 5.88 Å². The average Bonchev–Trinajstić information content (AvgIpc) is 2.83. The molecule has 0 amide bonds. The maximum atomic E-state index is 6.28. The van der Waals surface area contributed by atoms with Crippen molar-refractivity contribution in [3.05, 3.63) is 58.1 Å². The van der Waals surface area contributed by atoms with E-state index in [1.807, 2.05) is 24.5 Å². The molecule has 1 aromatic heterocycles. The van der Waals surface area contributed by atoms with Gasteiger partial charge in [-0.2, -0.15) is 4.98 Å². The summed E-state index contributed by atoms with van der Waals surface area (Å²) < 4.78 is 7.24. The van der Waals surface area contributed by atoms with E-state index in [9.17, 15) is 0 Å². The first-order chi connectivity index (χ1) is 13.3. The molecular formula is C21H21BrN4OS. The van der Waals surface area contributed by atoms with Crippen LogP contribution in [0.4, 0.5) is 5.69 Å². The van der Waals surface area contributed by atoms with Crippen LogP contribution in [-0.2, 0) is 5.41 Å². The van der Waals surface area contributed by atoms with Crippen LogP contribution >= 0.6 is 27.7 Å². The molecule has 0 spiro atoms. The molecule has 0 unspecified atom stereocenters. The topological polar surface area (TPSA) is 59.9 Å². The zero-order valence-electron chi connectivity index (χ0n) is 16.2. The van der Waals surface area contributed by atoms with E-state index < -0.39 is 0 Å². The molecule has 144 valence electrons. The third kappa shape index (κ3) is 3.73. The quantitative estimate of drug-likeness (QED) is 0.489. The van der Waals surface area contributed by atoms with Gasteiger partial charge in [0.1, 0.15) is 0 Å². The summed E-state index contributed by atoms with van der Waals surface area (Å²) >= 11 is 4.98. The second-order valence-electron chi connectivity index (χ2n) is 7.66. The predicted molar refractivity (Wildman–Crippen MR) is 117 cm³/mol. The number of ether oxygens (including phenoxy) is 1. The first-order valence-electron chi connectivity index (χ1n) is 8.97. The molecule has 2 heterocycles. The molecule has 0 aliphatic carbocycles. The van der Waals surface area contributed by atoms with Crippen LogP contribution in [0.15, 0.2) is 52.1 Å². The highest BCUT2D eigenvalue weighted by atomic mass is 79.9. The van der Waals surface area contributed by atoms with Crippen molar-refractivity contribution in [3.8, 4) is 17.1 Å². The molecule has 5 nitrogen and oxygen atoms in total. The Morgan fingerprint density at radius 3 is 2.50 bits per heavy atom. The van der Waals surface area contributed by atoms with Crippen molar-refractivity contribution < 1.29 is 4.74 Å². The van der Waals surface area contributed by atoms with Gasteiger partial charge in [-0.15, -0.1) is 10.2 Å². The molecule has 0 fully saturated rings. The number of halogens is 1. The predicted octanol–water partition coefficient (Wildman–Crippen LogP) is 5.82. The van der Waals surface area contributed by atoms with Gasteiger partial charge in [0, 0.05) is 21.3 Å². The van der Waals surface area contributed by atoms with Crippen molar-refractivity contribution in [2.45, 2.75) is 37.6 Å². The Labute approximate surface area is 177 Å². The van der Waals surface area contributed by atoms with Gasteiger partial charge in [0.15, 0.2) is 11.9 Å². The fourth-order valence-corrected chi connectivity index (χ4v) is 3.72. The van der Waals surface area contributed by atoms with Crippen LogP contribution in [0, 0.1) is 0 Å². The number of hydrogen-bond donors (Lipinski definition) is 1. The molecule has 1 aliphatic rings. The molecule has 3 aromatic rings. The normalized spacial score (nSPS) is 15.7. The Morgan fingerprint density at radius 1 is 1.07 bits per heavy atom. The Balaban J connectivity index is 1.80. The zero-order valence-corrected chi connectivity index (χ0v) is 18.6. The van der Waals surface area contributed by atoms with Crippen molar-refractivity contribution in [3.63, 3.8) is 0 Å². The van der Waals surface area contributed by atoms with E-state index in [0.717, 1.165) is 21.3 Å². The lowest BCUT2D eigenvalue weighted by Gasteiger charge is -2.22. The molecule has 1 aliphatic heterocycles. The summed E-state index contributed by atoms with van der Waals surface area (Å²) in [5, 5.41) is 12.7. The number of benzene rings is 2. The van der Waals surface area contributed by atoms with Gasteiger partial charge in [-0.25, -0.2) is 0 Å². The first-order valence-corrected chi connectivity index (χ1v) is 11.0. The lowest BCUT2D eigenvalue weighted by molar-refractivity contribution is 0.225. The second kappa shape index (κ2) is 7.37. The third-order valence-corrected chi connectivity index (χ3v) is 5.68. The summed E-state index contributed by atoms with van der Waals surface area (Å²) in [4.78, 5) is 4.56. The van der Waals surface area contributed by atoms with Crippen LogP contribution in [0.25, 0.3) is 11.3 Å². The van der Waals surface area contributed by atoms with Crippen molar-refractivity contribution in [1.29, 1.82) is 0 Å². The maximum absolute atomic E-state index is 6.28. The van der Waals surface area contributed by atoms with Crippen molar-refractivity contribution in [2.24, 2.45) is 0 Å². The fourth-order valence-electron chi connectivity index (χ4n) is 3.07. The minimum absolute atomic E-state index is 0.103. The average molecular weight is 457 g/mol. The van der Waals surface area contributed by atoms with Gasteiger partial charge in [0.25, 0.3) is 0 Å². The molecule has 0 saturated heterocycles. The van der Waals surface area contributed by atoms with E-state index in [-0.39, 0.29) is 11.6 Å². The summed E-state index contributed by atoms with van der Waals surface area (Å²) in [7, 11) is 0. The van der Waals surface area contributed by atoms with E-state index in [4.69, 9.17) is 4.74 Å². The minimum Gasteiger partial charge on any atom is -0.448 e. The largest absolute Gasteiger partial charge is 0.448 e. The van der Waals surface area contributed by atoms with Gasteiger partial charge < -0.3 is 10.1 Å². The van der Waals surface area contributed by atoms with Gasteiger partial charge in [0.05, 0.1) is 0 Å². The first kappa shape index (κ1) is 19.2. The molecule has 0 saturated carbocycles. The highest BCUT2D eigenvalue weighted by Gasteiger charge is 2.26. The third-order valence-electron chi connectivity index (χ3n) is 4.65. The van der Waals surface area contributed by atoms with Gasteiger partial charge in [-0.05, 0) is 35.4 Å². The molecule has 1 atom stereocenters. The molecule has 0 radical (unpaired) electrons. The van der Waals surface area contributed by atoms with Gasteiger partial charge in [-0.1, -0.05) is 72.7 Å². The van der Waals surface area contributed by atoms with Crippen LogP contribution < -0.4 is 10.1 Å². The number of anilines is 1. The lowest BCUT2D eigenvalue weighted by Crippen LogP contribution is -2.18. The number of fused-ring (bicyclic) bond motifs is 3. The number of nitrogens with zero attached hydrogens (tertiary/aromatic N) is 3. The lowest BCUT2D eigenvalue weighted by atomic mass is 9.86. The van der Waals surface area contributed by atoms with Crippen LogP contribution in [0.2, 0.25) is 0 Å². The van der Waals surface area contributed by atoms with Gasteiger partial charge in [-0.3, -0.25) is 0 Å². The number of thioether (sulfide) groups is 1.